The molecule has 1 aliphatic heterocycles. The second-order valence-electron chi connectivity index (χ2n) is 3.98. The molecule has 0 bridgehead atoms. The lowest BCUT2D eigenvalue weighted by atomic mass is 9.87. The van der Waals surface area contributed by atoms with Crippen LogP contribution in [0.5, 0.6) is 0 Å². The predicted molar refractivity (Wildman–Crippen MR) is 57.7 cm³/mol. The molecule has 1 aliphatic rings. The minimum atomic E-state index is -0.122. The van der Waals surface area contributed by atoms with Crippen molar-refractivity contribution in [3.8, 4) is 0 Å². The second kappa shape index (κ2) is 6.08. The van der Waals surface area contributed by atoms with Gasteiger partial charge in [0, 0.05) is 18.8 Å². The van der Waals surface area contributed by atoms with E-state index in [1.807, 2.05) is 14.0 Å². The number of ether oxygens (including phenoxy) is 2. The van der Waals surface area contributed by atoms with Crippen LogP contribution in [0.1, 0.15) is 32.6 Å². The first-order valence-electron chi connectivity index (χ1n) is 5.65. The maximum absolute atomic E-state index is 11.5. The molecule has 0 aliphatic carbocycles. The van der Waals surface area contributed by atoms with Crippen molar-refractivity contribution in [2.75, 3.05) is 26.9 Å². The molecule has 1 atom stereocenters. The lowest BCUT2D eigenvalue weighted by Crippen LogP contribution is -2.45. The summed E-state index contributed by atoms with van der Waals surface area (Å²) in [5.74, 6) is -0.117. The normalized spacial score (nSPS) is 27.1. The molecule has 1 unspecified atom stereocenters. The van der Waals surface area contributed by atoms with Crippen LogP contribution < -0.4 is 5.32 Å². The Morgan fingerprint density at radius 3 is 2.93 bits per heavy atom. The van der Waals surface area contributed by atoms with E-state index >= 15 is 0 Å². The summed E-state index contributed by atoms with van der Waals surface area (Å²) in [6.07, 6.45) is 3.30. The van der Waals surface area contributed by atoms with Crippen LogP contribution in [-0.2, 0) is 14.3 Å². The molecule has 15 heavy (non-hydrogen) atoms. The average molecular weight is 215 g/mol. The van der Waals surface area contributed by atoms with E-state index in [0.29, 0.717) is 13.0 Å². The van der Waals surface area contributed by atoms with Crippen molar-refractivity contribution in [1.82, 2.24) is 5.32 Å². The molecule has 4 nitrogen and oxygen atoms in total. The number of nitrogens with one attached hydrogen (secondary N) is 1. The van der Waals surface area contributed by atoms with Gasteiger partial charge >= 0.3 is 5.97 Å². The van der Waals surface area contributed by atoms with Crippen molar-refractivity contribution in [3.63, 3.8) is 0 Å². The van der Waals surface area contributed by atoms with Crippen LogP contribution in [-0.4, -0.2) is 38.4 Å². The van der Waals surface area contributed by atoms with Crippen molar-refractivity contribution in [2.24, 2.45) is 0 Å². The smallest absolute Gasteiger partial charge is 0.307 e. The minimum Gasteiger partial charge on any atom is -0.466 e. The van der Waals surface area contributed by atoms with Crippen LogP contribution in [0.4, 0.5) is 0 Å². The Morgan fingerprint density at radius 2 is 2.27 bits per heavy atom. The number of rotatable bonds is 4. The monoisotopic (exact) mass is 215 g/mol. The minimum absolute atomic E-state index is 0.117. The second-order valence-corrected chi connectivity index (χ2v) is 3.98. The summed E-state index contributed by atoms with van der Waals surface area (Å²) < 4.78 is 10.4. The zero-order chi connectivity index (χ0) is 11.1. The van der Waals surface area contributed by atoms with Crippen LogP contribution in [0.25, 0.3) is 0 Å². The molecule has 1 heterocycles. The maximum atomic E-state index is 11.5. The molecule has 1 saturated heterocycles. The Balaban J connectivity index is 2.53. The SMILES string of the molecule is CCOC(=O)CC1(NC)CCCOCC1. The third-order valence-electron chi connectivity index (χ3n) is 2.99. The highest BCUT2D eigenvalue weighted by Crippen LogP contribution is 2.25. The van der Waals surface area contributed by atoms with Gasteiger partial charge < -0.3 is 14.8 Å². The van der Waals surface area contributed by atoms with Crippen LogP contribution >= 0.6 is 0 Å². The number of hydrogen-bond acceptors (Lipinski definition) is 4. The van der Waals surface area contributed by atoms with Gasteiger partial charge in [-0.05, 0) is 33.2 Å². The van der Waals surface area contributed by atoms with Crippen LogP contribution in [0.2, 0.25) is 0 Å². The maximum Gasteiger partial charge on any atom is 0.307 e. The van der Waals surface area contributed by atoms with E-state index in [-0.39, 0.29) is 11.5 Å². The van der Waals surface area contributed by atoms with Crippen molar-refractivity contribution in [3.05, 3.63) is 0 Å². The highest BCUT2D eigenvalue weighted by molar-refractivity contribution is 5.70. The van der Waals surface area contributed by atoms with E-state index < -0.39 is 0 Å². The van der Waals surface area contributed by atoms with Crippen molar-refractivity contribution >= 4 is 5.97 Å². The lowest BCUT2D eigenvalue weighted by molar-refractivity contribution is -0.145. The topological polar surface area (TPSA) is 47.6 Å². The van der Waals surface area contributed by atoms with Gasteiger partial charge in [-0.3, -0.25) is 4.79 Å². The molecular formula is C11H21NO3. The van der Waals surface area contributed by atoms with Crippen molar-refractivity contribution in [1.29, 1.82) is 0 Å². The molecule has 0 aromatic carbocycles. The number of carbonyl (C=O) groups excluding carboxylic acids is 1. The van der Waals surface area contributed by atoms with Gasteiger partial charge in [0.2, 0.25) is 0 Å². The van der Waals surface area contributed by atoms with Gasteiger partial charge in [-0.2, -0.15) is 0 Å². The van der Waals surface area contributed by atoms with Crippen molar-refractivity contribution < 1.29 is 14.3 Å². The molecule has 0 aromatic rings. The predicted octanol–water partition coefficient (Wildman–Crippen LogP) is 1.10. The molecular weight excluding hydrogens is 194 g/mol. The van der Waals surface area contributed by atoms with E-state index in [1.54, 1.807) is 0 Å². The lowest BCUT2D eigenvalue weighted by Gasteiger charge is -2.30. The largest absolute Gasteiger partial charge is 0.466 e. The van der Waals surface area contributed by atoms with Crippen LogP contribution in [0.15, 0.2) is 0 Å². The molecule has 0 aromatic heterocycles. The Hall–Kier alpha value is -0.610. The van der Waals surface area contributed by atoms with Gasteiger partial charge in [-0.1, -0.05) is 0 Å². The molecule has 1 N–H and O–H groups in total. The summed E-state index contributed by atoms with van der Waals surface area (Å²) in [6, 6.07) is 0. The zero-order valence-electron chi connectivity index (χ0n) is 9.67. The molecule has 0 radical (unpaired) electrons. The van der Waals surface area contributed by atoms with E-state index in [1.165, 1.54) is 0 Å². The summed E-state index contributed by atoms with van der Waals surface area (Å²) >= 11 is 0. The standard InChI is InChI=1S/C11H21NO3/c1-3-15-10(13)9-11(12-2)5-4-7-14-8-6-11/h12H,3-9H2,1-2H3. The zero-order valence-corrected chi connectivity index (χ0v) is 9.67. The Labute approximate surface area is 91.3 Å². The van der Waals surface area contributed by atoms with E-state index in [4.69, 9.17) is 9.47 Å². The number of carbonyl (C=O) groups is 1. The van der Waals surface area contributed by atoms with E-state index in [0.717, 1.165) is 32.5 Å². The van der Waals surface area contributed by atoms with E-state index in [2.05, 4.69) is 5.32 Å². The summed E-state index contributed by atoms with van der Waals surface area (Å²) in [5, 5.41) is 3.27. The van der Waals surface area contributed by atoms with E-state index in [9.17, 15) is 4.79 Å². The number of hydrogen-bond donors (Lipinski definition) is 1. The average Bonchev–Trinajstić information content (AvgIpc) is 2.44. The quantitative estimate of drug-likeness (QED) is 0.713. The molecule has 1 fully saturated rings. The fourth-order valence-corrected chi connectivity index (χ4v) is 2.01. The van der Waals surface area contributed by atoms with Gasteiger partial charge in [-0.25, -0.2) is 0 Å². The summed E-state index contributed by atoms with van der Waals surface area (Å²) in [4.78, 5) is 11.5. The molecule has 88 valence electrons. The fraction of sp³-hybridized carbons (Fsp3) is 0.909. The summed E-state index contributed by atoms with van der Waals surface area (Å²) in [7, 11) is 1.91. The fourth-order valence-electron chi connectivity index (χ4n) is 2.01. The Kier molecular flexibility index (Phi) is 5.05. The van der Waals surface area contributed by atoms with Gasteiger partial charge in [0.25, 0.3) is 0 Å². The highest BCUT2D eigenvalue weighted by atomic mass is 16.5. The Morgan fingerprint density at radius 1 is 1.47 bits per heavy atom. The Bertz CT molecular complexity index is 198. The van der Waals surface area contributed by atoms with Gasteiger partial charge in [0.1, 0.15) is 0 Å². The van der Waals surface area contributed by atoms with Crippen LogP contribution in [0.3, 0.4) is 0 Å². The van der Waals surface area contributed by atoms with Gasteiger partial charge in [0.05, 0.1) is 13.0 Å². The molecule has 1 rings (SSSR count). The third-order valence-corrected chi connectivity index (χ3v) is 2.99. The number of esters is 1. The first-order chi connectivity index (χ1) is 7.22. The van der Waals surface area contributed by atoms with Crippen molar-refractivity contribution in [2.45, 2.75) is 38.1 Å². The molecule has 0 amide bonds. The molecule has 4 heteroatoms. The first kappa shape index (κ1) is 12.5. The molecule has 0 spiro atoms. The summed E-state index contributed by atoms with van der Waals surface area (Å²) in [6.45, 7) is 3.81. The highest BCUT2D eigenvalue weighted by Gasteiger charge is 2.32. The summed E-state index contributed by atoms with van der Waals surface area (Å²) in [5.41, 5.74) is -0.122. The van der Waals surface area contributed by atoms with Gasteiger partial charge in [0.15, 0.2) is 0 Å². The van der Waals surface area contributed by atoms with Crippen LogP contribution in [0, 0.1) is 0 Å². The molecule has 0 saturated carbocycles. The first-order valence-corrected chi connectivity index (χ1v) is 5.65. The third kappa shape index (κ3) is 3.80. The van der Waals surface area contributed by atoms with Gasteiger partial charge in [-0.15, -0.1) is 0 Å².